The van der Waals surface area contributed by atoms with Gasteiger partial charge in [0.05, 0.1) is 0 Å². The van der Waals surface area contributed by atoms with E-state index >= 15 is 0 Å². The first-order valence-electron chi connectivity index (χ1n) is 9.12. The summed E-state index contributed by atoms with van der Waals surface area (Å²) in [6, 6.07) is 8.05. The summed E-state index contributed by atoms with van der Waals surface area (Å²) in [7, 11) is 0. The minimum Gasteiger partial charge on any atom is -0.355 e. The van der Waals surface area contributed by atoms with Crippen LogP contribution in [0.4, 0.5) is 0 Å². The lowest BCUT2D eigenvalue weighted by Gasteiger charge is -2.10. The van der Waals surface area contributed by atoms with Gasteiger partial charge in [-0.2, -0.15) is 5.10 Å². The molecular formula is C19H26N4OS. The van der Waals surface area contributed by atoms with Crippen molar-refractivity contribution in [1.82, 2.24) is 20.1 Å². The van der Waals surface area contributed by atoms with Crippen LogP contribution in [0.25, 0.3) is 11.4 Å². The molecule has 1 aliphatic carbocycles. The van der Waals surface area contributed by atoms with Crippen LogP contribution < -0.4 is 5.32 Å². The van der Waals surface area contributed by atoms with Gasteiger partial charge in [0.1, 0.15) is 6.54 Å². The lowest BCUT2D eigenvalue weighted by molar-refractivity contribution is -0.121. The van der Waals surface area contributed by atoms with Crippen LogP contribution >= 0.6 is 12.2 Å². The summed E-state index contributed by atoms with van der Waals surface area (Å²) >= 11 is 5.29. The molecule has 1 fully saturated rings. The second-order valence-corrected chi connectivity index (χ2v) is 7.33. The van der Waals surface area contributed by atoms with Gasteiger partial charge in [-0.15, -0.1) is 0 Å². The highest BCUT2D eigenvalue weighted by Crippen LogP contribution is 2.28. The summed E-state index contributed by atoms with van der Waals surface area (Å²) in [6.07, 6.45) is 7.74. The number of aromatic nitrogens is 3. The van der Waals surface area contributed by atoms with Gasteiger partial charge in [0.2, 0.25) is 5.91 Å². The van der Waals surface area contributed by atoms with E-state index < -0.39 is 0 Å². The number of amides is 1. The third-order valence-corrected chi connectivity index (χ3v) is 5.27. The molecule has 0 atom stereocenters. The molecule has 2 N–H and O–H groups in total. The molecule has 1 amide bonds. The SMILES string of the molecule is Cc1ccc(-c2n[nH]c(=S)n2CC(=O)NCCCC2CCCC2)cc1. The summed E-state index contributed by atoms with van der Waals surface area (Å²) in [5.41, 5.74) is 2.14. The van der Waals surface area contributed by atoms with Gasteiger partial charge in [0.15, 0.2) is 10.6 Å². The summed E-state index contributed by atoms with van der Waals surface area (Å²) < 4.78 is 2.23. The van der Waals surface area contributed by atoms with Crippen LogP contribution in [-0.2, 0) is 11.3 Å². The van der Waals surface area contributed by atoms with Crippen LogP contribution in [-0.4, -0.2) is 27.2 Å². The van der Waals surface area contributed by atoms with Gasteiger partial charge in [0.25, 0.3) is 0 Å². The van der Waals surface area contributed by atoms with Crippen molar-refractivity contribution in [3.63, 3.8) is 0 Å². The average molecular weight is 359 g/mol. The molecule has 0 aliphatic heterocycles. The molecular weight excluding hydrogens is 332 g/mol. The molecule has 0 spiro atoms. The summed E-state index contributed by atoms with van der Waals surface area (Å²) in [6.45, 7) is 2.97. The molecule has 3 rings (SSSR count). The molecule has 1 saturated carbocycles. The molecule has 6 heteroatoms. The van der Waals surface area contributed by atoms with Crippen molar-refractivity contribution in [2.75, 3.05) is 6.54 Å². The molecule has 1 aliphatic rings. The van der Waals surface area contributed by atoms with Crippen molar-refractivity contribution in [3.05, 3.63) is 34.6 Å². The lowest BCUT2D eigenvalue weighted by atomic mass is 10.0. The van der Waals surface area contributed by atoms with Crippen molar-refractivity contribution >= 4 is 18.1 Å². The predicted octanol–water partition coefficient (Wildman–Crippen LogP) is 4.00. The predicted molar refractivity (Wildman–Crippen MR) is 102 cm³/mol. The minimum absolute atomic E-state index is 0.0164. The van der Waals surface area contributed by atoms with E-state index in [4.69, 9.17) is 12.2 Å². The number of nitrogens with zero attached hydrogens (tertiary/aromatic N) is 2. The normalized spacial score (nSPS) is 14.8. The van der Waals surface area contributed by atoms with Gasteiger partial charge in [-0.3, -0.25) is 14.5 Å². The van der Waals surface area contributed by atoms with E-state index in [0.717, 1.165) is 24.4 Å². The Morgan fingerprint density at radius 3 is 2.76 bits per heavy atom. The molecule has 2 aromatic rings. The smallest absolute Gasteiger partial charge is 0.240 e. The van der Waals surface area contributed by atoms with E-state index in [2.05, 4.69) is 15.5 Å². The standard InChI is InChI=1S/C19H26N4OS/c1-14-8-10-16(11-9-14)18-21-22-19(25)23(18)13-17(24)20-12-4-7-15-5-2-3-6-15/h8-11,15H,2-7,12-13H2,1H3,(H,20,24)(H,22,25). The van der Waals surface area contributed by atoms with Crippen LogP contribution in [0, 0.1) is 17.6 Å². The van der Waals surface area contributed by atoms with Crippen molar-refractivity contribution in [1.29, 1.82) is 0 Å². The van der Waals surface area contributed by atoms with Crippen molar-refractivity contribution in [3.8, 4) is 11.4 Å². The third kappa shape index (κ3) is 4.78. The Morgan fingerprint density at radius 2 is 2.04 bits per heavy atom. The number of hydrogen-bond acceptors (Lipinski definition) is 3. The summed E-state index contributed by atoms with van der Waals surface area (Å²) in [5.74, 6) is 1.55. The van der Waals surface area contributed by atoms with Gasteiger partial charge in [0, 0.05) is 12.1 Å². The Balaban J connectivity index is 1.55. The lowest BCUT2D eigenvalue weighted by Crippen LogP contribution is -2.29. The fourth-order valence-corrected chi connectivity index (χ4v) is 3.70. The molecule has 0 saturated heterocycles. The largest absolute Gasteiger partial charge is 0.355 e. The van der Waals surface area contributed by atoms with E-state index in [-0.39, 0.29) is 12.5 Å². The molecule has 0 bridgehead atoms. The Morgan fingerprint density at radius 1 is 1.32 bits per heavy atom. The van der Waals surface area contributed by atoms with E-state index in [1.807, 2.05) is 31.2 Å². The average Bonchev–Trinajstić information content (AvgIpc) is 3.24. The maximum atomic E-state index is 12.3. The fourth-order valence-electron chi connectivity index (χ4n) is 3.50. The van der Waals surface area contributed by atoms with E-state index in [9.17, 15) is 4.79 Å². The zero-order chi connectivity index (χ0) is 17.6. The minimum atomic E-state index is -0.0164. The van der Waals surface area contributed by atoms with Crippen molar-refractivity contribution < 1.29 is 4.79 Å². The Labute approximate surface area is 153 Å². The van der Waals surface area contributed by atoms with Crippen molar-refractivity contribution in [2.24, 2.45) is 5.92 Å². The number of nitrogens with one attached hydrogen (secondary N) is 2. The van der Waals surface area contributed by atoms with E-state index in [0.29, 0.717) is 10.6 Å². The quantitative estimate of drug-likeness (QED) is 0.581. The first-order chi connectivity index (χ1) is 12.1. The zero-order valence-corrected chi connectivity index (χ0v) is 15.6. The third-order valence-electron chi connectivity index (χ3n) is 4.96. The van der Waals surface area contributed by atoms with Crippen LogP contribution in [0.3, 0.4) is 0 Å². The van der Waals surface area contributed by atoms with Crippen LogP contribution in [0.1, 0.15) is 44.1 Å². The number of aromatic amines is 1. The highest BCUT2D eigenvalue weighted by Gasteiger charge is 2.15. The van der Waals surface area contributed by atoms with Gasteiger partial charge < -0.3 is 5.32 Å². The second-order valence-electron chi connectivity index (χ2n) is 6.95. The van der Waals surface area contributed by atoms with Crippen LogP contribution in [0.15, 0.2) is 24.3 Å². The first kappa shape index (κ1) is 17.9. The number of benzene rings is 1. The van der Waals surface area contributed by atoms with E-state index in [1.54, 1.807) is 4.57 Å². The summed E-state index contributed by atoms with van der Waals surface area (Å²) in [4.78, 5) is 12.3. The van der Waals surface area contributed by atoms with Gasteiger partial charge >= 0.3 is 0 Å². The maximum absolute atomic E-state index is 12.3. The molecule has 1 aromatic carbocycles. The highest BCUT2D eigenvalue weighted by atomic mass is 32.1. The second kappa shape index (κ2) is 8.43. The molecule has 134 valence electrons. The molecule has 25 heavy (non-hydrogen) atoms. The number of H-pyrrole nitrogens is 1. The summed E-state index contributed by atoms with van der Waals surface area (Å²) in [5, 5.41) is 10.1. The Bertz CT molecular complexity index is 756. The highest BCUT2D eigenvalue weighted by molar-refractivity contribution is 7.71. The van der Waals surface area contributed by atoms with Gasteiger partial charge in [-0.05, 0) is 37.9 Å². The topological polar surface area (TPSA) is 62.7 Å². The molecule has 1 aromatic heterocycles. The van der Waals surface area contributed by atoms with Gasteiger partial charge in [-0.25, -0.2) is 0 Å². The molecule has 5 nitrogen and oxygen atoms in total. The van der Waals surface area contributed by atoms with E-state index in [1.165, 1.54) is 37.7 Å². The molecule has 0 radical (unpaired) electrons. The number of carbonyl (C=O) groups excluding carboxylic acids is 1. The fraction of sp³-hybridized carbons (Fsp3) is 0.526. The molecule has 0 unspecified atom stereocenters. The molecule has 1 heterocycles. The first-order valence-corrected chi connectivity index (χ1v) is 9.53. The van der Waals surface area contributed by atoms with Crippen LogP contribution in [0.2, 0.25) is 0 Å². The Hall–Kier alpha value is -1.95. The number of rotatable bonds is 7. The number of aryl methyl sites for hydroxylation is 1. The zero-order valence-electron chi connectivity index (χ0n) is 14.8. The number of hydrogen-bond donors (Lipinski definition) is 2. The van der Waals surface area contributed by atoms with Crippen LogP contribution in [0.5, 0.6) is 0 Å². The monoisotopic (exact) mass is 358 g/mol. The van der Waals surface area contributed by atoms with Gasteiger partial charge in [-0.1, -0.05) is 55.5 Å². The maximum Gasteiger partial charge on any atom is 0.240 e. The Kier molecular flexibility index (Phi) is 6.02. The number of carbonyl (C=O) groups is 1. The van der Waals surface area contributed by atoms with Crippen molar-refractivity contribution in [2.45, 2.75) is 52.0 Å².